The van der Waals surface area contributed by atoms with Crippen LogP contribution in [0.4, 0.5) is 0 Å². The number of hydrogen-bond acceptors (Lipinski definition) is 4. The molecule has 1 N–H and O–H groups in total. The second-order valence-corrected chi connectivity index (χ2v) is 7.92. The molecule has 0 aliphatic rings. The Balaban J connectivity index is 0.00000129. The zero-order valence-electron chi connectivity index (χ0n) is 16.7. The Hall–Kier alpha value is -1.16. The molecule has 6 heteroatoms. The summed E-state index contributed by atoms with van der Waals surface area (Å²) in [5, 5.41) is 0. The van der Waals surface area contributed by atoms with E-state index in [9.17, 15) is 9.36 Å². The van der Waals surface area contributed by atoms with Crippen LogP contribution in [0, 0.1) is 13.8 Å². The fraction of sp³-hybridized carbons (Fsp3) is 0.632. The van der Waals surface area contributed by atoms with E-state index in [-0.39, 0.29) is 5.41 Å². The van der Waals surface area contributed by atoms with E-state index in [0.717, 1.165) is 16.7 Å². The largest absolute Gasteiger partial charge is 0.424 e. The zero-order valence-corrected chi connectivity index (χ0v) is 17.7. The van der Waals surface area contributed by atoms with Gasteiger partial charge in [0, 0.05) is 5.56 Å². The third-order valence-electron chi connectivity index (χ3n) is 3.54. The molecular weight excluding hydrogens is 339 g/mol. The van der Waals surface area contributed by atoms with Crippen molar-refractivity contribution >= 4 is 14.2 Å². The number of benzene rings is 1. The highest BCUT2D eigenvalue weighted by molar-refractivity contribution is 7.32. The van der Waals surface area contributed by atoms with Gasteiger partial charge in [0.25, 0.3) is 0 Å². The number of esters is 1. The van der Waals surface area contributed by atoms with Crippen molar-refractivity contribution in [2.24, 2.45) is 0 Å². The summed E-state index contributed by atoms with van der Waals surface area (Å²) in [7, 11) is -3.18. The van der Waals surface area contributed by atoms with Crippen LogP contribution < -0.4 is 4.74 Å². The third kappa shape index (κ3) is 8.66. The average Bonchev–Trinajstić information content (AvgIpc) is 2.48. The van der Waals surface area contributed by atoms with Gasteiger partial charge in [-0.3, -0.25) is 9.09 Å². The summed E-state index contributed by atoms with van der Waals surface area (Å²) in [5.74, 6) is -0.189. The molecule has 1 rings (SSSR count). The molecule has 0 heterocycles. The zero-order chi connectivity index (χ0) is 19.8. The van der Waals surface area contributed by atoms with E-state index in [2.05, 4.69) is 18.4 Å². The van der Waals surface area contributed by atoms with Crippen molar-refractivity contribution in [1.29, 1.82) is 0 Å². The number of unbranched alkanes of at least 4 members (excludes halogenated alkanes) is 1. The predicted molar refractivity (Wildman–Crippen MR) is 103 cm³/mol. The first-order valence-electron chi connectivity index (χ1n) is 8.66. The van der Waals surface area contributed by atoms with E-state index in [0.29, 0.717) is 5.75 Å². The molecule has 1 aromatic rings. The Kier molecular flexibility index (Phi) is 10.2. The lowest BCUT2D eigenvalue weighted by Gasteiger charge is -2.25. The van der Waals surface area contributed by atoms with Crippen LogP contribution in [-0.2, 0) is 19.3 Å². The summed E-state index contributed by atoms with van der Waals surface area (Å²) >= 11 is 0. The topological polar surface area (TPSA) is 72.8 Å². The highest BCUT2D eigenvalue weighted by Crippen LogP contribution is 2.35. The predicted octanol–water partition coefficient (Wildman–Crippen LogP) is 5.10. The third-order valence-corrected chi connectivity index (χ3v) is 4.09. The van der Waals surface area contributed by atoms with Gasteiger partial charge < -0.3 is 9.63 Å². The van der Waals surface area contributed by atoms with Crippen molar-refractivity contribution in [3.63, 3.8) is 0 Å². The first-order valence-corrected chi connectivity index (χ1v) is 9.93. The maximum absolute atomic E-state index is 12.0. The second kappa shape index (κ2) is 10.7. The molecule has 0 saturated carbocycles. The lowest BCUT2D eigenvalue weighted by Crippen LogP contribution is -2.26. The van der Waals surface area contributed by atoms with Crippen molar-refractivity contribution in [3.05, 3.63) is 28.8 Å². The van der Waals surface area contributed by atoms with E-state index in [1.54, 1.807) is 0 Å². The van der Waals surface area contributed by atoms with E-state index in [1.165, 1.54) is 19.8 Å². The van der Waals surface area contributed by atoms with Crippen molar-refractivity contribution in [2.75, 3.05) is 0 Å². The van der Waals surface area contributed by atoms with Crippen LogP contribution in [-0.4, -0.2) is 17.0 Å². The molecule has 0 aliphatic carbocycles. The number of rotatable bonds is 5. The number of ether oxygens (including phenoxy) is 1. The molecule has 0 spiro atoms. The first-order chi connectivity index (χ1) is 11.4. The molecule has 0 bridgehead atoms. The molecule has 1 aromatic carbocycles. The molecule has 0 fully saturated rings. The fourth-order valence-corrected chi connectivity index (χ4v) is 2.43. The van der Waals surface area contributed by atoms with Crippen LogP contribution in [0.3, 0.4) is 0 Å². The smallest absolute Gasteiger partial charge is 0.340 e. The molecule has 0 aromatic heterocycles. The normalized spacial score (nSPS) is 13.5. The van der Waals surface area contributed by atoms with E-state index in [4.69, 9.17) is 9.63 Å². The molecule has 2 unspecified atom stereocenters. The molecule has 25 heavy (non-hydrogen) atoms. The maximum atomic E-state index is 12.0. The minimum Gasteiger partial charge on any atom is -0.424 e. The lowest BCUT2D eigenvalue weighted by atomic mass is 9.84. The first kappa shape index (κ1) is 23.8. The van der Waals surface area contributed by atoms with Gasteiger partial charge in [-0.25, -0.2) is 4.79 Å². The molecule has 0 aliphatic heterocycles. The molecular formula is C19H33O5P. The second-order valence-electron chi connectivity index (χ2n) is 7.16. The van der Waals surface area contributed by atoms with Crippen molar-refractivity contribution < 1.29 is 23.5 Å². The summed E-state index contributed by atoms with van der Waals surface area (Å²) in [5.41, 5.74) is 2.65. The molecule has 0 amide bonds. The van der Waals surface area contributed by atoms with Crippen LogP contribution in [0.2, 0.25) is 0 Å². The van der Waals surface area contributed by atoms with Crippen LogP contribution in [0.25, 0.3) is 0 Å². The maximum Gasteiger partial charge on any atom is 0.340 e. The van der Waals surface area contributed by atoms with Gasteiger partial charge in [-0.2, -0.15) is 0 Å². The fourth-order valence-electron chi connectivity index (χ4n) is 2.03. The molecule has 0 radical (unpaired) electrons. The molecule has 2 atom stereocenters. The molecule has 5 nitrogen and oxygen atoms in total. The SMILES string of the molecule is CCCC.Cc1cc(C)c(OC(=O)C(C)O[PH](=O)O)c(C(C)(C)C)c1. The Labute approximate surface area is 152 Å². The Morgan fingerprint density at radius 3 is 2.12 bits per heavy atom. The van der Waals surface area contributed by atoms with Crippen LogP contribution >= 0.6 is 8.25 Å². The van der Waals surface area contributed by atoms with Gasteiger partial charge >= 0.3 is 14.2 Å². The van der Waals surface area contributed by atoms with Gasteiger partial charge in [0.2, 0.25) is 0 Å². The molecule has 0 saturated heterocycles. The van der Waals surface area contributed by atoms with Gasteiger partial charge in [0.15, 0.2) is 6.10 Å². The van der Waals surface area contributed by atoms with Crippen LogP contribution in [0.15, 0.2) is 12.1 Å². The summed E-state index contributed by atoms with van der Waals surface area (Å²) < 4.78 is 20.7. The van der Waals surface area contributed by atoms with Crippen molar-refractivity contribution in [3.8, 4) is 5.75 Å². The van der Waals surface area contributed by atoms with E-state index < -0.39 is 20.3 Å². The Morgan fingerprint density at radius 1 is 1.20 bits per heavy atom. The summed E-state index contributed by atoms with van der Waals surface area (Å²) in [6.07, 6.45) is 1.55. The van der Waals surface area contributed by atoms with E-state index in [1.807, 2.05) is 46.8 Å². The highest BCUT2D eigenvalue weighted by Gasteiger charge is 2.25. The summed E-state index contributed by atoms with van der Waals surface area (Å²) in [6, 6.07) is 3.91. The van der Waals surface area contributed by atoms with Crippen LogP contribution in [0.5, 0.6) is 5.75 Å². The van der Waals surface area contributed by atoms with Gasteiger partial charge in [-0.05, 0) is 31.7 Å². The van der Waals surface area contributed by atoms with Crippen molar-refractivity contribution in [2.45, 2.75) is 79.8 Å². The van der Waals surface area contributed by atoms with Gasteiger partial charge in [-0.1, -0.05) is 65.2 Å². The standard InChI is InChI=1S/C15H23O5P.C4H10/c1-9-7-10(2)13(12(8-9)15(4,5)6)19-14(16)11(3)20-21(17)18;1-3-4-2/h7-8,11,21H,1-6H3,(H,17,18);3-4H2,1-2H3. The van der Waals surface area contributed by atoms with Crippen LogP contribution in [0.1, 0.15) is 71.1 Å². The minimum absolute atomic E-state index is 0.193. The van der Waals surface area contributed by atoms with Crippen molar-refractivity contribution in [1.82, 2.24) is 0 Å². The summed E-state index contributed by atoms with van der Waals surface area (Å²) in [4.78, 5) is 20.7. The number of carbonyl (C=O) groups is 1. The van der Waals surface area contributed by atoms with Gasteiger partial charge in [-0.15, -0.1) is 0 Å². The number of carbonyl (C=O) groups excluding carboxylic acids is 1. The number of hydrogen-bond donors (Lipinski definition) is 1. The lowest BCUT2D eigenvalue weighted by molar-refractivity contribution is -0.141. The monoisotopic (exact) mass is 372 g/mol. The minimum atomic E-state index is -3.18. The van der Waals surface area contributed by atoms with Gasteiger partial charge in [0.05, 0.1) is 0 Å². The van der Waals surface area contributed by atoms with E-state index >= 15 is 0 Å². The Morgan fingerprint density at radius 2 is 1.72 bits per heavy atom. The quantitative estimate of drug-likeness (QED) is 0.442. The Bertz CT molecular complexity index is 588. The van der Waals surface area contributed by atoms with Gasteiger partial charge in [0.1, 0.15) is 5.75 Å². The summed E-state index contributed by atoms with van der Waals surface area (Å²) in [6.45, 7) is 15.7. The highest BCUT2D eigenvalue weighted by atomic mass is 31.1. The average molecular weight is 372 g/mol. The molecule has 144 valence electrons. The number of aryl methyl sites for hydroxylation is 2.